The summed E-state index contributed by atoms with van der Waals surface area (Å²) in [5.41, 5.74) is 5.41. The predicted molar refractivity (Wildman–Crippen MR) is 81.2 cm³/mol. The summed E-state index contributed by atoms with van der Waals surface area (Å²) in [4.78, 5) is 7.05. The third kappa shape index (κ3) is 5.13. The van der Waals surface area contributed by atoms with Crippen LogP contribution in [0.5, 0.6) is 5.75 Å². The fraction of sp³-hybridized carbons (Fsp3) is 0.429. The molecule has 0 aliphatic carbocycles. The Balaban J connectivity index is 1.93. The van der Waals surface area contributed by atoms with Gasteiger partial charge in [0.15, 0.2) is 6.29 Å². The standard InChI is InChI=1S/C14H18F3N5O/c1-2-9(8-23-10-6-4-3-5-7-10)19-13-21-11(14(15,16)17)20-12(18)22-13/h3-7,9,12H,2,8,18H2,1H3,(H2,19,20,21,22). The molecule has 1 aliphatic rings. The molecule has 1 aromatic carbocycles. The summed E-state index contributed by atoms with van der Waals surface area (Å²) in [6.07, 6.45) is -5.27. The zero-order chi connectivity index (χ0) is 16.9. The predicted octanol–water partition coefficient (Wildman–Crippen LogP) is 1.60. The maximum Gasteiger partial charge on any atom is 0.449 e. The quantitative estimate of drug-likeness (QED) is 0.766. The first-order chi connectivity index (χ1) is 10.9. The monoisotopic (exact) mass is 329 g/mol. The Labute approximate surface area is 131 Å². The molecular weight excluding hydrogens is 311 g/mol. The number of para-hydroxylation sites is 1. The maximum atomic E-state index is 12.7. The van der Waals surface area contributed by atoms with Gasteiger partial charge in [-0.15, -0.1) is 0 Å². The number of alkyl halides is 3. The van der Waals surface area contributed by atoms with Crippen molar-refractivity contribution in [3.63, 3.8) is 0 Å². The van der Waals surface area contributed by atoms with Crippen LogP contribution in [-0.2, 0) is 0 Å². The van der Waals surface area contributed by atoms with Crippen molar-refractivity contribution in [2.24, 2.45) is 15.7 Å². The minimum atomic E-state index is -4.61. The SMILES string of the molecule is CCC(COc1ccccc1)NC1=NC(N)N=C(C(F)(F)F)N1. The van der Waals surface area contributed by atoms with E-state index in [2.05, 4.69) is 20.6 Å². The number of hydrogen-bond acceptors (Lipinski definition) is 6. The fourth-order valence-electron chi connectivity index (χ4n) is 1.86. The van der Waals surface area contributed by atoms with E-state index in [1.54, 1.807) is 12.1 Å². The summed E-state index contributed by atoms with van der Waals surface area (Å²) in [5, 5.41) is 4.98. The molecule has 2 atom stereocenters. The minimum absolute atomic E-state index is 0.0664. The molecule has 2 rings (SSSR count). The number of hydrogen-bond donors (Lipinski definition) is 3. The number of halogens is 3. The number of ether oxygens (including phenoxy) is 1. The van der Waals surface area contributed by atoms with E-state index in [0.29, 0.717) is 12.2 Å². The molecule has 4 N–H and O–H groups in total. The molecule has 9 heteroatoms. The van der Waals surface area contributed by atoms with Crippen LogP contribution in [0.3, 0.4) is 0 Å². The van der Waals surface area contributed by atoms with Gasteiger partial charge in [-0.2, -0.15) is 13.2 Å². The lowest BCUT2D eigenvalue weighted by Gasteiger charge is -2.25. The van der Waals surface area contributed by atoms with Crippen molar-refractivity contribution < 1.29 is 17.9 Å². The van der Waals surface area contributed by atoms with Crippen molar-refractivity contribution in [2.45, 2.75) is 31.9 Å². The van der Waals surface area contributed by atoms with Gasteiger partial charge >= 0.3 is 6.18 Å². The average molecular weight is 329 g/mol. The molecule has 1 heterocycles. The van der Waals surface area contributed by atoms with Gasteiger partial charge in [-0.25, -0.2) is 9.98 Å². The van der Waals surface area contributed by atoms with Gasteiger partial charge < -0.3 is 15.4 Å². The lowest BCUT2D eigenvalue weighted by atomic mass is 10.2. The van der Waals surface area contributed by atoms with Gasteiger partial charge in [-0.3, -0.25) is 5.73 Å². The second-order valence-electron chi connectivity index (χ2n) is 4.87. The van der Waals surface area contributed by atoms with E-state index in [-0.39, 0.29) is 18.6 Å². The van der Waals surface area contributed by atoms with E-state index in [0.717, 1.165) is 0 Å². The summed E-state index contributed by atoms with van der Waals surface area (Å²) in [7, 11) is 0. The highest BCUT2D eigenvalue weighted by atomic mass is 19.4. The summed E-state index contributed by atoms with van der Waals surface area (Å²) in [5.74, 6) is -0.551. The summed E-state index contributed by atoms with van der Waals surface area (Å²) >= 11 is 0. The fourth-order valence-corrected chi connectivity index (χ4v) is 1.86. The van der Waals surface area contributed by atoms with Crippen LogP contribution >= 0.6 is 0 Å². The Kier molecular flexibility index (Phi) is 5.43. The Bertz CT molecular complexity index is 574. The molecule has 0 bridgehead atoms. The van der Waals surface area contributed by atoms with E-state index in [4.69, 9.17) is 10.5 Å². The number of aliphatic imine (C=N–C) groups is 2. The number of nitrogens with zero attached hydrogens (tertiary/aromatic N) is 2. The van der Waals surface area contributed by atoms with Crippen LogP contribution < -0.4 is 21.1 Å². The van der Waals surface area contributed by atoms with E-state index < -0.39 is 18.3 Å². The van der Waals surface area contributed by atoms with E-state index >= 15 is 0 Å². The molecule has 0 spiro atoms. The van der Waals surface area contributed by atoms with Crippen molar-refractivity contribution in [2.75, 3.05) is 6.61 Å². The molecule has 0 fully saturated rings. The Morgan fingerprint density at radius 3 is 2.61 bits per heavy atom. The van der Waals surface area contributed by atoms with Crippen molar-refractivity contribution in [1.29, 1.82) is 0 Å². The van der Waals surface area contributed by atoms with Crippen molar-refractivity contribution in [3.05, 3.63) is 30.3 Å². The number of rotatable bonds is 5. The van der Waals surface area contributed by atoms with Gasteiger partial charge in [0, 0.05) is 0 Å². The third-order valence-electron chi connectivity index (χ3n) is 3.06. The van der Waals surface area contributed by atoms with Crippen LogP contribution in [0.15, 0.2) is 40.3 Å². The number of benzene rings is 1. The molecular formula is C14H18F3N5O. The molecule has 0 amide bonds. The van der Waals surface area contributed by atoms with Gasteiger partial charge in [0.1, 0.15) is 12.4 Å². The van der Waals surface area contributed by atoms with Crippen LogP contribution in [0.25, 0.3) is 0 Å². The minimum Gasteiger partial charge on any atom is -0.491 e. The third-order valence-corrected chi connectivity index (χ3v) is 3.06. The maximum absolute atomic E-state index is 12.7. The molecule has 0 radical (unpaired) electrons. The first kappa shape index (κ1) is 17.1. The molecule has 6 nitrogen and oxygen atoms in total. The Hall–Kier alpha value is -2.29. The summed E-state index contributed by atoms with van der Waals surface area (Å²) < 4.78 is 43.8. The molecule has 0 saturated carbocycles. The average Bonchev–Trinajstić information content (AvgIpc) is 2.51. The van der Waals surface area contributed by atoms with Crippen LogP contribution in [-0.4, -0.2) is 36.9 Å². The van der Waals surface area contributed by atoms with Gasteiger partial charge in [0.05, 0.1) is 6.04 Å². The van der Waals surface area contributed by atoms with Crippen molar-refractivity contribution in [1.82, 2.24) is 10.6 Å². The van der Waals surface area contributed by atoms with Crippen LogP contribution in [0, 0.1) is 0 Å². The highest BCUT2D eigenvalue weighted by molar-refractivity contribution is 6.03. The number of guanidine groups is 1. The van der Waals surface area contributed by atoms with E-state index in [9.17, 15) is 13.2 Å². The molecule has 0 saturated heterocycles. The van der Waals surface area contributed by atoms with Crippen LogP contribution in [0.2, 0.25) is 0 Å². The lowest BCUT2D eigenvalue weighted by Crippen LogP contribution is -2.54. The largest absolute Gasteiger partial charge is 0.491 e. The number of nitrogens with one attached hydrogen (secondary N) is 2. The van der Waals surface area contributed by atoms with Crippen molar-refractivity contribution >= 4 is 11.8 Å². The molecule has 126 valence electrons. The highest BCUT2D eigenvalue weighted by Gasteiger charge is 2.39. The summed E-state index contributed by atoms with van der Waals surface area (Å²) in [6, 6.07) is 8.90. The van der Waals surface area contributed by atoms with E-state index in [1.165, 1.54) is 0 Å². The Morgan fingerprint density at radius 2 is 2.00 bits per heavy atom. The lowest BCUT2D eigenvalue weighted by molar-refractivity contribution is -0.0615. The smallest absolute Gasteiger partial charge is 0.449 e. The van der Waals surface area contributed by atoms with Crippen LogP contribution in [0.1, 0.15) is 13.3 Å². The second-order valence-corrected chi connectivity index (χ2v) is 4.87. The second kappa shape index (κ2) is 7.32. The highest BCUT2D eigenvalue weighted by Crippen LogP contribution is 2.17. The zero-order valence-corrected chi connectivity index (χ0v) is 12.5. The topological polar surface area (TPSA) is 84.0 Å². The van der Waals surface area contributed by atoms with Gasteiger partial charge in [-0.05, 0) is 18.6 Å². The normalized spacial score (nSPS) is 19.3. The molecule has 2 unspecified atom stereocenters. The first-order valence-corrected chi connectivity index (χ1v) is 7.08. The number of nitrogens with two attached hydrogens (primary N) is 1. The first-order valence-electron chi connectivity index (χ1n) is 7.08. The summed E-state index contributed by atoms with van der Waals surface area (Å²) in [6.45, 7) is 2.16. The van der Waals surface area contributed by atoms with Crippen molar-refractivity contribution in [3.8, 4) is 5.75 Å². The van der Waals surface area contributed by atoms with Gasteiger partial charge in [0.25, 0.3) is 0 Å². The molecule has 1 aliphatic heterocycles. The zero-order valence-electron chi connectivity index (χ0n) is 12.5. The molecule has 23 heavy (non-hydrogen) atoms. The van der Waals surface area contributed by atoms with Gasteiger partial charge in [0.2, 0.25) is 11.8 Å². The number of amidine groups is 1. The molecule has 0 aromatic heterocycles. The molecule has 1 aromatic rings. The Morgan fingerprint density at radius 1 is 1.30 bits per heavy atom. The van der Waals surface area contributed by atoms with Gasteiger partial charge in [-0.1, -0.05) is 25.1 Å². The van der Waals surface area contributed by atoms with E-state index in [1.807, 2.05) is 25.1 Å². The van der Waals surface area contributed by atoms with Crippen LogP contribution in [0.4, 0.5) is 13.2 Å².